The van der Waals surface area contributed by atoms with Crippen LogP contribution in [-0.4, -0.2) is 48.2 Å². The van der Waals surface area contributed by atoms with Gasteiger partial charge in [-0.05, 0) is 24.6 Å². The first-order chi connectivity index (χ1) is 13.7. The van der Waals surface area contributed by atoms with Gasteiger partial charge in [-0.15, -0.1) is 0 Å². The standard InChI is InChI=1S/C18H17ClF2N4O4/c1-6-11-10(21)5-25(16(11)24-18(22)23-6)17-14(28)13(27)15(29-17)12(26)7-2-3-8(19)9(20)4-7/h2-5,12-15,17,26-28H,1H3,(H2,22,23,24). The highest BCUT2D eigenvalue weighted by atomic mass is 35.5. The van der Waals surface area contributed by atoms with Crippen LogP contribution in [0.5, 0.6) is 0 Å². The summed E-state index contributed by atoms with van der Waals surface area (Å²) in [5, 5.41) is 31.4. The molecule has 5 N–H and O–H groups in total. The maximum absolute atomic E-state index is 14.4. The molecule has 0 amide bonds. The summed E-state index contributed by atoms with van der Waals surface area (Å²) in [5.74, 6) is -1.52. The van der Waals surface area contributed by atoms with Crippen LogP contribution in [0, 0.1) is 18.6 Å². The number of aromatic nitrogens is 3. The van der Waals surface area contributed by atoms with E-state index in [1.807, 2.05) is 0 Å². The van der Waals surface area contributed by atoms with Gasteiger partial charge < -0.3 is 30.4 Å². The van der Waals surface area contributed by atoms with Gasteiger partial charge in [0.2, 0.25) is 5.95 Å². The number of nitrogen functional groups attached to an aromatic ring is 1. The highest BCUT2D eigenvalue weighted by molar-refractivity contribution is 6.30. The first-order valence-corrected chi connectivity index (χ1v) is 9.01. The molecule has 0 saturated carbocycles. The fraction of sp³-hybridized carbons (Fsp3) is 0.333. The van der Waals surface area contributed by atoms with Crippen molar-refractivity contribution in [3.63, 3.8) is 0 Å². The number of nitrogens with two attached hydrogens (primary N) is 1. The van der Waals surface area contributed by atoms with Crippen molar-refractivity contribution in [1.29, 1.82) is 0 Å². The Hall–Kier alpha value is -2.37. The Labute approximate surface area is 168 Å². The maximum Gasteiger partial charge on any atom is 0.222 e. The molecule has 11 heteroatoms. The van der Waals surface area contributed by atoms with E-state index in [2.05, 4.69) is 9.97 Å². The molecule has 1 aliphatic heterocycles. The van der Waals surface area contributed by atoms with Crippen LogP contribution in [0.25, 0.3) is 11.0 Å². The molecule has 4 rings (SSSR count). The number of hydrogen-bond acceptors (Lipinski definition) is 7. The smallest absolute Gasteiger partial charge is 0.222 e. The van der Waals surface area contributed by atoms with Gasteiger partial charge in [0.1, 0.15) is 30.2 Å². The Kier molecular flexibility index (Phi) is 4.91. The lowest BCUT2D eigenvalue weighted by Crippen LogP contribution is -2.34. The van der Waals surface area contributed by atoms with Gasteiger partial charge in [-0.2, -0.15) is 4.98 Å². The van der Waals surface area contributed by atoms with Gasteiger partial charge in [-0.3, -0.25) is 0 Å². The second-order valence-corrected chi connectivity index (χ2v) is 7.25. The number of halogens is 3. The summed E-state index contributed by atoms with van der Waals surface area (Å²) in [5.41, 5.74) is 6.10. The third-order valence-corrected chi connectivity index (χ3v) is 5.28. The Balaban J connectivity index is 1.71. The lowest BCUT2D eigenvalue weighted by Gasteiger charge is -2.21. The van der Waals surface area contributed by atoms with Crippen LogP contribution in [-0.2, 0) is 4.74 Å². The number of aliphatic hydroxyl groups is 3. The Bertz CT molecular complexity index is 1100. The van der Waals surface area contributed by atoms with E-state index >= 15 is 0 Å². The highest BCUT2D eigenvalue weighted by Gasteiger charge is 2.48. The van der Waals surface area contributed by atoms with Gasteiger partial charge in [0, 0.05) is 6.20 Å². The fourth-order valence-electron chi connectivity index (χ4n) is 3.55. The first kappa shape index (κ1) is 19.9. The molecule has 8 nitrogen and oxygen atoms in total. The molecule has 29 heavy (non-hydrogen) atoms. The molecule has 0 spiro atoms. The van der Waals surface area contributed by atoms with Crippen molar-refractivity contribution in [2.75, 3.05) is 5.73 Å². The largest absolute Gasteiger partial charge is 0.387 e. The van der Waals surface area contributed by atoms with Crippen LogP contribution in [0.3, 0.4) is 0 Å². The molecular weight excluding hydrogens is 410 g/mol. The van der Waals surface area contributed by atoms with Gasteiger partial charge in [-0.25, -0.2) is 13.8 Å². The van der Waals surface area contributed by atoms with E-state index in [-0.39, 0.29) is 27.6 Å². The lowest BCUT2D eigenvalue weighted by molar-refractivity contribution is -0.0850. The van der Waals surface area contributed by atoms with Crippen LogP contribution in [0.2, 0.25) is 5.02 Å². The molecule has 1 aliphatic rings. The number of anilines is 1. The monoisotopic (exact) mass is 426 g/mol. The molecule has 154 valence electrons. The second-order valence-electron chi connectivity index (χ2n) is 6.84. The number of ether oxygens (including phenoxy) is 1. The SMILES string of the molecule is Cc1nc(N)nc2c1c(F)cn2C1OC(C(O)c2ccc(Cl)c(F)c2)C(O)C1O. The summed E-state index contributed by atoms with van der Waals surface area (Å²) >= 11 is 5.64. The normalized spacial score (nSPS) is 25.6. The zero-order valence-corrected chi connectivity index (χ0v) is 15.8. The molecule has 0 radical (unpaired) electrons. The van der Waals surface area contributed by atoms with E-state index in [1.165, 1.54) is 16.7 Å². The maximum atomic E-state index is 14.4. The molecule has 3 aromatic rings. The third kappa shape index (κ3) is 3.22. The minimum absolute atomic E-state index is 0.0661. The molecule has 1 fully saturated rings. The quantitative estimate of drug-likeness (QED) is 0.501. The van der Waals surface area contributed by atoms with E-state index in [9.17, 15) is 24.1 Å². The third-order valence-electron chi connectivity index (χ3n) is 4.97. The summed E-state index contributed by atoms with van der Waals surface area (Å²) < 4.78 is 35.0. The van der Waals surface area contributed by atoms with Crippen LogP contribution >= 0.6 is 11.6 Å². The fourth-order valence-corrected chi connectivity index (χ4v) is 3.67. The molecule has 0 bridgehead atoms. The van der Waals surface area contributed by atoms with Gasteiger partial charge in [-0.1, -0.05) is 17.7 Å². The predicted molar refractivity (Wildman–Crippen MR) is 98.9 cm³/mol. The van der Waals surface area contributed by atoms with E-state index in [4.69, 9.17) is 22.1 Å². The average Bonchev–Trinajstić information content (AvgIpc) is 3.14. The molecule has 1 aromatic carbocycles. The number of aryl methyl sites for hydroxylation is 1. The first-order valence-electron chi connectivity index (χ1n) is 8.63. The van der Waals surface area contributed by atoms with Crippen molar-refractivity contribution in [1.82, 2.24) is 14.5 Å². The van der Waals surface area contributed by atoms with Crippen LogP contribution < -0.4 is 5.73 Å². The van der Waals surface area contributed by atoms with Gasteiger partial charge in [0.05, 0.1) is 16.1 Å². The number of fused-ring (bicyclic) bond motifs is 1. The van der Waals surface area contributed by atoms with Gasteiger partial charge in [0.25, 0.3) is 0 Å². The van der Waals surface area contributed by atoms with Crippen LogP contribution in [0.4, 0.5) is 14.7 Å². The molecule has 1 saturated heterocycles. The van der Waals surface area contributed by atoms with Crippen molar-refractivity contribution >= 4 is 28.6 Å². The van der Waals surface area contributed by atoms with Crippen molar-refractivity contribution < 1.29 is 28.8 Å². The molecule has 5 unspecified atom stereocenters. The van der Waals surface area contributed by atoms with E-state index in [0.717, 1.165) is 12.3 Å². The Morgan fingerprint density at radius 1 is 1.21 bits per heavy atom. The van der Waals surface area contributed by atoms with Crippen LogP contribution in [0.15, 0.2) is 24.4 Å². The number of nitrogens with zero attached hydrogens (tertiary/aromatic N) is 3. The van der Waals surface area contributed by atoms with Crippen molar-refractivity contribution in [3.8, 4) is 0 Å². The zero-order valence-electron chi connectivity index (χ0n) is 15.0. The lowest BCUT2D eigenvalue weighted by atomic mass is 9.99. The Morgan fingerprint density at radius 2 is 1.93 bits per heavy atom. The second kappa shape index (κ2) is 7.15. The summed E-state index contributed by atoms with van der Waals surface area (Å²) in [6, 6.07) is 3.63. The minimum Gasteiger partial charge on any atom is -0.387 e. The molecule has 5 atom stereocenters. The molecule has 0 aliphatic carbocycles. The number of benzene rings is 1. The minimum atomic E-state index is -1.55. The van der Waals surface area contributed by atoms with E-state index < -0.39 is 42.3 Å². The topological polar surface area (TPSA) is 127 Å². The van der Waals surface area contributed by atoms with E-state index in [0.29, 0.717) is 5.69 Å². The number of hydrogen-bond donors (Lipinski definition) is 4. The summed E-state index contributed by atoms with van der Waals surface area (Å²) in [6.07, 6.45) is -6.11. The van der Waals surface area contributed by atoms with Gasteiger partial charge in [0.15, 0.2) is 17.7 Å². The number of rotatable bonds is 3. The molecular formula is C18H17ClF2N4O4. The summed E-state index contributed by atoms with van der Waals surface area (Å²) in [6.45, 7) is 1.55. The number of aliphatic hydroxyl groups excluding tert-OH is 3. The van der Waals surface area contributed by atoms with Crippen molar-refractivity contribution in [2.45, 2.75) is 37.6 Å². The summed E-state index contributed by atoms with van der Waals surface area (Å²) in [7, 11) is 0. The average molecular weight is 427 g/mol. The van der Waals surface area contributed by atoms with Crippen LogP contribution in [0.1, 0.15) is 23.6 Å². The zero-order chi connectivity index (χ0) is 21.0. The van der Waals surface area contributed by atoms with Crippen molar-refractivity contribution in [2.24, 2.45) is 0 Å². The van der Waals surface area contributed by atoms with E-state index in [1.54, 1.807) is 6.92 Å². The predicted octanol–water partition coefficient (Wildman–Crippen LogP) is 1.61. The molecule has 2 aromatic heterocycles. The Morgan fingerprint density at radius 3 is 2.62 bits per heavy atom. The molecule has 3 heterocycles. The summed E-state index contributed by atoms with van der Waals surface area (Å²) in [4.78, 5) is 7.91. The highest BCUT2D eigenvalue weighted by Crippen LogP contribution is 2.38. The van der Waals surface area contributed by atoms with Gasteiger partial charge >= 0.3 is 0 Å². The van der Waals surface area contributed by atoms with Crippen molar-refractivity contribution in [3.05, 3.63) is 52.3 Å².